The van der Waals surface area contributed by atoms with Crippen LogP contribution in [0.2, 0.25) is 0 Å². The van der Waals surface area contributed by atoms with E-state index in [2.05, 4.69) is 4.89 Å². The van der Waals surface area contributed by atoms with Gasteiger partial charge in [-0.2, -0.15) is 5.26 Å². The van der Waals surface area contributed by atoms with Crippen molar-refractivity contribution in [1.29, 1.82) is 0 Å². The molecule has 19 heavy (non-hydrogen) atoms. The number of hydrogen-bond donors (Lipinski definition) is 1. The van der Waals surface area contributed by atoms with Crippen LogP contribution in [0.4, 0.5) is 0 Å². The lowest BCUT2D eigenvalue weighted by Gasteiger charge is -2.01. The molecule has 0 amide bonds. The highest BCUT2D eigenvalue weighted by molar-refractivity contribution is 6.06. The molecule has 0 aliphatic rings. The molecule has 1 aromatic heterocycles. The fraction of sp³-hybridized carbons (Fsp3) is 0.231. The highest BCUT2D eigenvalue weighted by Gasteiger charge is 2.20. The van der Waals surface area contributed by atoms with E-state index in [-0.39, 0.29) is 17.7 Å². The molecule has 0 saturated heterocycles. The standard InChI is InChI=1S/C13H12O6/c1-3-17-13(15)11-7(2)18-10-5-4-8(6-9(10)11)12(14)19-16/h4-6,16H,3H2,1-2H3. The Morgan fingerprint density at radius 1 is 1.32 bits per heavy atom. The predicted octanol–water partition coefficient (Wildman–Crippen LogP) is 2.55. The maximum atomic E-state index is 11.8. The summed E-state index contributed by atoms with van der Waals surface area (Å²) in [4.78, 5) is 26.7. The van der Waals surface area contributed by atoms with Gasteiger partial charge in [0.2, 0.25) is 0 Å². The quantitative estimate of drug-likeness (QED) is 0.521. The largest absolute Gasteiger partial charge is 0.462 e. The van der Waals surface area contributed by atoms with Crippen molar-refractivity contribution < 1.29 is 28.9 Å². The van der Waals surface area contributed by atoms with Gasteiger partial charge in [-0.05, 0) is 32.0 Å². The number of furan rings is 1. The van der Waals surface area contributed by atoms with Crippen LogP contribution in [-0.4, -0.2) is 23.8 Å². The molecule has 0 radical (unpaired) electrons. The van der Waals surface area contributed by atoms with E-state index in [9.17, 15) is 9.59 Å². The van der Waals surface area contributed by atoms with Crippen LogP contribution in [0.15, 0.2) is 22.6 Å². The lowest BCUT2D eigenvalue weighted by molar-refractivity contribution is -0.182. The third kappa shape index (κ3) is 2.30. The molecule has 6 heteroatoms. The third-order valence-electron chi connectivity index (χ3n) is 2.66. The van der Waals surface area contributed by atoms with E-state index in [0.717, 1.165) is 0 Å². The van der Waals surface area contributed by atoms with Crippen molar-refractivity contribution in [1.82, 2.24) is 0 Å². The molecule has 0 fully saturated rings. The minimum atomic E-state index is -0.907. The highest BCUT2D eigenvalue weighted by Crippen LogP contribution is 2.27. The minimum absolute atomic E-state index is 0.112. The number of fused-ring (bicyclic) bond motifs is 1. The van der Waals surface area contributed by atoms with Crippen LogP contribution in [0.25, 0.3) is 11.0 Å². The van der Waals surface area contributed by atoms with E-state index in [0.29, 0.717) is 16.7 Å². The lowest BCUT2D eigenvalue weighted by atomic mass is 10.1. The van der Waals surface area contributed by atoms with Gasteiger partial charge in [-0.1, -0.05) is 0 Å². The molecule has 1 N–H and O–H groups in total. The molecule has 6 nitrogen and oxygen atoms in total. The molecule has 2 aromatic rings. The number of hydrogen-bond acceptors (Lipinski definition) is 6. The number of carbonyl (C=O) groups excluding carboxylic acids is 2. The molecular weight excluding hydrogens is 252 g/mol. The summed E-state index contributed by atoms with van der Waals surface area (Å²) in [5.41, 5.74) is 0.834. The molecule has 1 heterocycles. The van der Waals surface area contributed by atoms with Gasteiger partial charge < -0.3 is 9.15 Å². The Balaban J connectivity index is 2.59. The van der Waals surface area contributed by atoms with Crippen molar-refractivity contribution in [2.45, 2.75) is 13.8 Å². The molecule has 2 rings (SSSR count). The normalized spacial score (nSPS) is 10.5. The average molecular weight is 264 g/mol. The van der Waals surface area contributed by atoms with E-state index in [1.807, 2.05) is 0 Å². The van der Waals surface area contributed by atoms with Crippen LogP contribution in [-0.2, 0) is 9.62 Å². The van der Waals surface area contributed by atoms with Crippen LogP contribution in [0, 0.1) is 6.92 Å². The second-order valence-corrected chi connectivity index (χ2v) is 3.84. The van der Waals surface area contributed by atoms with Crippen molar-refractivity contribution in [3.05, 3.63) is 35.1 Å². The molecule has 0 aliphatic carbocycles. The monoisotopic (exact) mass is 264 g/mol. The Kier molecular flexibility index (Phi) is 3.52. The molecule has 0 aliphatic heterocycles. The Morgan fingerprint density at radius 2 is 2.05 bits per heavy atom. The van der Waals surface area contributed by atoms with Crippen molar-refractivity contribution >= 4 is 22.9 Å². The van der Waals surface area contributed by atoms with Crippen molar-refractivity contribution in [3.8, 4) is 0 Å². The topological polar surface area (TPSA) is 86.0 Å². The van der Waals surface area contributed by atoms with Crippen LogP contribution in [0.1, 0.15) is 33.4 Å². The van der Waals surface area contributed by atoms with Crippen LogP contribution < -0.4 is 0 Å². The summed E-state index contributed by atoms with van der Waals surface area (Å²) in [5, 5.41) is 8.81. The van der Waals surface area contributed by atoms with Crippen molar-refractivity contribution in [3.63, 3.8) is 0 Å². The molecule has 0 atom stereocenters. The molecule has 0 bridgehead atoms. The predicted molar refractivity (Wildman–Crippen MR) is 65.0 cm³/mol. The first-order valence-electron chi connectivity index (χ1n) is 5.64. The molecule has 0 saturated carbocycles. The Morgan fingerprint density at radius 3 is 2.68 bits per heavy atom. The van der Waals surface area contributed by atoms with Crippen molar-refractivity contribution in [2.75, 3.05) is 6.61 Å². The summed E-state index contributed by atoms with van der Waals surface area (Å²) >= 11 is 0. The number of ether oxygens (including phenoxy) is 1. The molecule has 0 unspecified atom stereocenters. The summed E-state index contributed by atoms with van der Waals surface area (Å²) in [5.74, 6) is -1.02. The first-order chi connectivity index (χ1) is 9.08. The second kappa shape index (κ2) is 5.11. The summed E-state index contributed by atoms with van der Waals surface area (Å²) in [6.45, 7) is 3.57. The zero-order valence-electron chi connectivity index (χ0n) is 10.4. The molecular formula is C13H12O6. The zero-order valence-corrected chi connectivity index (χ0v) is 10.4. The summed E-state index contributed by atoms with van der Waals surface area (Å²) in [7, 11) is 0. The number of benzene rings is 1. The fourth-order valence-electron chi connectivity index (χ4n) is 1.86. The lowest BCUT2D eigenvalue weighted by Crippen LogP contribution is -2.06. The number of rotatable bonds is 3. The van der Waals surface area contributed by atoms with Gasteiger partial charge in [-0.15, -0.1) is 0 Å². The minimum Gasteiger partial charge on any atom is -0.462 e. The highest BCUT2D eigenvalue weighted by atomic mass is 17.1. The van der Waals surface area contributed by atoms with E-state index in [4.69, 9.17) is 14.4 Å². The molecule has 0 spiro atoms. The maximum Gasteiger partial charge on any atom is 0.372 e. The molecule has 100 valence electrons. The van der Waals surface area contributed by atoms with E-state index in [1.165, 1.54) is 18.2 Å². The van der Waals surface area contributed by atoms with Gasteiger partial charge in [0.05, 0.1) is 12.2 Å². The second-order valence-electron chi connectivity index (χ2n) is 3.84. The van der Waals surface area contributed by atoms with Crippen molar-refractivity contribution in [2.24, 2.45) is 0 Å². The first kappa shape index (κ1) is 13.1. The third-order valence-corrected chi connectivity index (χ3v) is 2.66. The van der Waals surface area contributed by atoms with Crippen LogP contribution in [0.5, 0.6) is 0 Å². The summed E-state index contributed by atoms with van der Waals surface area (Å²) in [6, 6.07) is 4.37. The Hall–Kier alpha value is -2.34. The van der Waals surface area contributed by atoms with E-state index in [1.54, 1.807) is 13.8 Å². The van der Waals surface area contributed by atoms with Gasteiger partial charge in [0.25, 0.3) is 0 Å². The number of aryl methyl sites for hydroxylation is 1. The van der Waals surface area contributed by atoms with E-state index >= 15 is 0 Å². The SMILES string of the molecule is CCOC(=O)c1c(C)oc2ccc(C(=O)OO)cc12. The van der Waals surface area contributed by atoms with E-state index < -0.39 is 11.9 Å². The maximum absolute atomic E-state index is 11.8. The summed E-state index contributed by atoms with van der Waals surface area (Å²) < 4.78 is 10.4. The number of esters is 1. The molecule has 1 aromatic carbocycles. The van der Waals surface area contributed by atoms with Crippen LogP contribution >= 0.6 is 0 Å². The fourth-order valence-corrected chi connectivity index (χ4v) is 1.86. The first-order valence-corrected chi connectivity index (χ1v) is 5.64. The van der Waals surface area contributed by atoms with Gasteiger partial charge in [0.15, 0.2) is 0 Å². The summed E-state index contributed by atoms with van der Waals surface area (Å²) in [6.07, 6.45) is 0. The van der Waals surface area contributed by atoms with Gasteiger partial charge in [-0.3, -0.25) is 4.89 Å². The van der Waals surface area contributed by atoms with Crippen LogP contribution in [0.3, 0.4) is 0 Å². The Labute approximate surface area is 108 Å². The number of carbonyl (C=O) groups is 2. The Bertz CT molecular complexity index is 640. The van der Waals surface area contributed by atoms with Gasteiger partial charge in [-0.25, -0.2) is 9.59 Å². The average Bonchev–Trinajstić information content (AvgIpc) is 2.72. The van der Waals surface area contributed by atoms with Gasteiger partial charge >= 0.3 is 11.9 Å². The smallest absolute Gasteiger partial charge is 0.372 e. The zero-order chi connectivity index (χ0) is 14.0. The van der Waals surface area contributed by atoms with Gasteiger partial charge in [0, 0.05) is 5.39 Å². The van der Waals surface area contributed by atoms with Gasteiger partial charge in [0.1, 0.15) is 16.9 Å².